The summed E-state index contributed by atoms with van der Waals surface area (Å²) < 4.78 is 21.6. The Hall–Kier alpha value is -0.230. The van der Waals surface area contributed by atoms with E-state index in [1.807, 2.05) is 0 Å². The zero-order chi connectivity index (χ0) is 13.0. The Morgan fingerprint density at radius 3 is 2.06 bits per heavy atom. The van der Waals surface area contributed by atoms with E-state index in [4.69, 9.17) is 19.8 Å². The van der Waals surface area contributed by atoms with Crippen molar-refractivity contribution in [2.24, 2.45) is 0 Å². The van der Waals surface area contributed by atoms with E-state index in [2.05, 4.69) is 0 Å². The highest BCUT2D eigenvalue weighted by Crippen LogP contribution is 2.37. The van der Waals surface area contributed by atoms with Gasteiger partial charge in [-0.3, -0.25) is 18.8 Å². The second-order valence-corrected chi connectivity index (χ2v) is 7.69. The van der Waals surface area contributed by atoms with Crippen LogP contribution in [0.1, 0.15) is 0 Å². The molecule has 0 saturated carbocycles. The van der Waals surface area contributed by atoms with E-state index in [1.54, 1.807) is 0 Å². The molecule has 1 unspecified atom stereocenters. The number of nitrogens with zero attached hydrogens (tertiary/aromatic N) is 1. The van der Waals surface area contributed by atoms with E-state index in [0.717, 1.165) is 11.6 Å². The lowest BCUT2D eigenvalue weighted by molar-refractivity contribution is -0.138. The van der Waals surface area contributed by atoms with Crippen LogP contribution in [0.25, 0.3) is 0 Å². The SMILES string of the molecule is CP(=O)(O)CCN(CC(=O)O)CP(=O)(O)O. The first-order chi connectivity index (χ1) is 6.99. The van der Waals surface area contributed by atoms with Gasteiger partial charge in [-0.15, -0.1) is 0 Å². The third kappa shape index (κ3) is 10.3. The average Bonchev–Trinajstić information content (AvgIpc) is 1.94. The van der Waals surface area contributed by atoms with Crippen LogP contribution in [-0.4, -0.2) is 62.9 Å². The highest BCUT2D eigenvalue weighted by Gasteiger charge is 2.22. The summed E-state index contributed by atoms with van der Waals surface area (Å²) in [5.41, 5.74) is 0. The standard InChI is InChI=1S/C6H15NO7P2/c1-15(10,11)3-2-7(4-6(8)9)5-16(12,13)14/h2-5H2,1H3,(H,8,9)(H,10,11)(H2,12,13,14). The fourth-order valence-electron chi connectivity index (χ4n) is 0.979. The second kappa shape index (κ2) is 5.91. The molecule has 0 rings (SSSR count). The van der Waals surface area contributed by atoms with Crippen LogP contribution in [0.3, 0.4) is 0 Å². The van der Waals surface area contributed by atoms with E-state index < -0.39 is 33.8 Å². The lowest BCUT2D eigenvalue weighted by Gasteiger charge is -2.21. The second-order valence-electron chi connectivity index (χ2n) is 3.53. The van der Waals surface area contributed by atoms with Crippen LogP contribution >= 0.6 is 15.0 Å². The van der Waals surface area contributed by atoms with Gasteiger partial charge in [0.05, 0.1) is 6.54 Å². The molecule has 8 nitrogen and oxygen atoms in total. The maximum absolute atomic E-state index is 11.0. The van der Waals surface area contributed by atoms with Gasteiger partial charge < -0.3 is 19.8 Å². The highest BCUT2D eigenvalue weighted by molar-refractivity contribution is 7.57. The summed E-state index contributed by atoms with van der Waals surface area (Å²) in [5, 5.41) is 8.48. The third-order valence-corrected chi connectivity index (χ3v) is 3.37. The average molecular weight is 275 g/mol. The number of carbonyl (C=O) groups is 1. The summed E-state index contributed by atoms with van der Waals surface area (Å²) >= 11 is 0. The quantitative estimate of drug-likeness (QED) is 0.452. The fourth-order valence-corrected chi connectivity index (χ4v) is 2.39. The molecule has 0 aromatic rings. The Bertz CT molecular complexity index is 332. The van der Waals surface area contributed by atoms with Gasteiger partial charge in [0.15, 0.2) is 7.37 Å². The van der Waals surface area contributed by atoms with Crippen molar-refractivity contribution in [2.45, 2.75) is 0 Å². The predicted molar refractivity (Wildman–Crippen MR) is 56.7 cm³/mol. The monoisotopic (exact) mass is 275 g/mol. The number of carboxylic acid groups (broad SMARTS) is 1. The summed E-state index contributed by atoms with van der Waals surface area (Å²) in [6, 6.07) is 0. The van der Waals surface area contributed by atoms with Gasteiger partial charge in [0.1, 0.15) is 6.29 Å². The number of hydrogen-bond acceptors (Lipinski definition) is 4. The van der Waals surface area contributed by atoms with Crippen molar-refractivity contribution >= 4 is 20.9 Å². The molecule has 0 aromatic carbocycles. The van der Waals surface area contributed by atoms with Crippen molar-refractivity contribution in [3.63, 3.8) is 0 Å². The molecule has 10 heteroatoms. The van der Waals surface area contributed by atoms with Gasteiger partial charge in [-0.1, -0.05) is 0 Å². The molecule has 0 heterocycles. The lowest BCUT2D eigenvalue weighted by Crippen LogP contribution is -2.33. The Labute approximate surface area is 92.5 Å². The summed E-state index contributed by atoms with van der Waals surface area (Å²) in [6.07, 6.45) is -0.945. The maximum atomic E-state index is 11.0. The molecular weight excluding hydrogens is 260 g/mol. The summed E-state index contributed by atoms with van der Waals surface area (Å²) in [7, 11) is -7.68. The largest absolute Gasteiger partial charge is 0.480 e. The Kier molecular flexibility index (Phi) is 5.82. The number of carboxylic acids is 1. The van der Waals surface area contributed by atoms with Crippen molar-refractivity contribution in [3.05, 3.63) is 0 Å². The van der Waals surface area contributed by atoms with E-state index >= 15 is 0 Å². The van der Waals surface area contributed by atoms with E-state index in [-0.39, 0.29) is 12.7 Å². The zero-order valence-corrected chi connectivity index (χ0v) is 10.5. The number of hydrogen-bond donors (Lipinski definition) is 4. The molecule has 0 aromatic heterocycles. The Morgan fingerprint density at radius 1 is 1.25 bits per heavy atom. The van der Waals surface area contributed by atoms with Crippen LogP contribution in [0.2, 0.25) is 0 Å². The summed E-state index contributed by atoms with van der Waals surface area (Å²) in [4.78, 5) is 37.7. The first kappa shape index (κ1) is 15.8. The third-order valence-electron chi connectivity index (χ3n) is 1.57. The topological polar surface area (TPSA) is 135 Å². The minimum Gasteiger partial charge on any atom is -0.480 e. The molecule has 0 radical (unpaired) electrons. The molecule has 0 bridgehead atoms. The molecule has 0 amide bonds. The van der Waals surface area contributed by atoms with Crippen LogP contribution in [0.4, 0.5) is 0 Å². The lowest BCUT2D eigenvalue weighted by atomic mass is 10.5. The van der Waals surface area contributed by atoms with Crippen LogP contribution in [0.15, 0.2) is 0 Å². The van der Waals surface area contributed by atoms with Gasteiger partial charge in [0.2, 0.25) is 0 Å². The molecule has 0 spiro atoms. The van der Waals surface area contributed by atoms with Crippen LogP contribution < -0.4 is 0 Å². The Balaban J connectivity index is 4.38. The minimum absolute atomic E-state index is 0.151. The van der Waals surface area contributed by atoms with Gasteiger partial charge in [-0.05, 0) is 0 Å². The molecule has 0 aliphatic heterocycles. The van der Waals surface area contributed by atoms with E-state index in [9.17, 15) is 13.9 Å². The molecule has 96 valence electrons. The van der Waals surface area contributed by atoms with Crippen molar-refractivity contribution in [1.29, 1.82) is 0 Å². The van der Waals surface area contributed by atoms with Crippen molar-refractivity contribution < 1.29 is 33.7 Å². The molecule has 4 N–H and O–H groups in total. The highest BCUT2D eigenvalue weighted by atomic mass is 31.2. The summed E-state index contributed by atoms with van der Waals surface area (Å²) in [6.45, 7) is 0.371. The van der Waals surface area contributed by atoms with Crippen LogP contribution in [0.5, 0.6) is 0 Å². The van der Waals surface area contributed by atoms with E-state index in [0.29, 0.717) is 0 Å². The maximum Gasteiger partial charge on any atom is 0.339 e. The predicted octanol–water partition coefficient (Wildman–Crippen LogP) is -0.592. The van der Waals surface area contributed by atoms with E-state index in [1.165, 1.54) is 0 Å². The van der Waals surface area contributed by atoms with Gasteiger partial charge in [0.25, 0.3) is 0 Å². The molecule has 0 saturated heterocycles. The van der Waals surface area contributed by atoms with Crippen LogP contribution in [-0.2, 0) is 13.9 Å². The molecule has 0 aliphatic rings. The fraction of sp³-hybridized carbons (Fsp3) is 0.833. The molecule has 0 aliphatic carbocycles. The van der Waals surface area contributed by atoms with Gasteiger partial charge in [-0.2, -0.15) is 0 Å². The molecule has 0 fully saturated rings. The van der Waals surface area contributed by atoms with Crippen molar-refractivity contribution in [3.8, 4) is 0 Å². The van der Waals surface area contributed by atoms with Crippen molar-refractivity contribution in [2.75, 3.05) is 32.2 Å². The van der Waals surface area contributed by atoms with Gasteiger partial charge >= 0.3 is 13.6 Å². The molecule has 1 atom stereocenters. The number of rotatable bonds is 7. The van der Waals surface area contributed by atoms with Crippen molar-refractivity contribution in [1.82, 2.24) is 4.90 Å². The molecular formula is C6H15NO7P2. The first-order valence-corrected chi connectivity index (χ1v) is 8.36. The molecule has 16 heavy (non-hydrogen) atoms. The first-order valence-electron chi connectivity index (χ1n) is 4.27. The van der Waals surface area contributed by atoms with Gasteiger partial charge in [0, 0.05) is 19.4 Å². The summed E-state index contributed by atoms with van der Waals surface area (Å²) in [5.74, 6) is -1.25. The number of aliphatic carboxylic acids is 1. The smallest absolute Gasteiger partial charge is 0.339 e. The van der Waals surface area contributed by atoms with Crippen LogP contribution in [0, 0.1) is 0 Å². The van der Waals surface area contributed by atoms with Gasteiger partial charge in [-0.25, -0.2) is 0 Å². The normalized spacial score (nSPS) is 16.1. The minimum atomic E-state index is -4.37. The zero-order valence-electron chi connectivity index (χ0n) is 8.68. The Morgan fingerprint density at radius 2 is 1.75 bits per heavy atom.